The topological polar surface area (TPSA) is 106 Å². The highest BCUT2D eigenvalue weighted by Crippen LogP contribution is 2.38. The summed E-state index contributed by atoms with van der Waals surface area (Å²) in [7, 11) is 0. The highest BCUT2D eigenvalue weighted by atomic mass is 15.1. The van der Waals surface area contributed by atoms with Gasteiger partial charge < -0.3 is 4.57 Å². The molecule has 3 heterocycles. The van der Waals surface area contributed by atoms with E-state index in [1.807, 2.05) is 158 Å². The van der Waals surface area contributed by atoms with Crippen molar-refractivity contribution in [2.45, 2.75) is 0 Å². The summed E-state index contributed by atoms with van der Waals surface area (Å²) in [6.45, 7) is 0. The highest BCUT2D eigenvalue weighted by Gasteiger charge is 2.22. The molecule has 0 amide bonds. The molecular weight excluding hydrogens is 701 g/mol. The Hall–Kier alpha value is -8.15. The van der Waals surface area contributed by atoms with Crippen molar-refractivity contribution < 1.29 is 0 Å². The SMILES string of the molecule is N#Cc1ccc2c3ccccc3n(-c3ccc(-c4nc(-c5ccccc5)nc(-c5ccccc5)n4)cc3-c3nc(-c4ccccc4)nc(-c4ccccc4)n3)c2c1. The first-order chi connectivity index (χ1) is 28.2. The number of fused-ring (bicyclic) bond motifs is 3. The van der Waals surface area contributed by atoms with Crippen LogP contribution >= 0.6 is 0 Å². The molecule has 0 N–H and O–H groups in total. The lowest BCUT2D eigenvalue weighted by Crippen LogP contribution is -2.05. The fourth-order valence-electron chi connectivity index (χ4n) is 7.22. The van der Waals surface area contributed by atoms with Gasteiger partial charge in [0.1, 0.15) is 0 Å². The van der Waals surface area contributed by atoms with Gasteiger partial charge in [-0.3, -0.25) is 0 Å². The molecule has 0 unspecified atom stereocenters. The minimum absolute atomic E-state index is 0.475. The summed E-state index contributed by atoms with van der Waals surface area (Å²) in [6.07, 6.45) is 0. The Labute approximate surface area is 328 Å². The van der Waals surface area contributed by atoms with E-state index in [1.165, 1.54) is 0 Å². The van der Waals surface area contributed by atoms with Gasteiger partial charge in [-0.2, -0.15) is 5.26 Å². The summed E-state index contributed by atoms with van der Waals surface area (Å²) in [5.74, 6) is 3.20. The van der Waals surface area contributed by atoms with E-state index in [0.29, 0.717) is 40.5 Å². The van der Waals surface area contributed by atoms with E-state index in [4.69, 9.17) is 29.9 Å². The number of nitriles is 1. The molecule has 57 heavy (non-hydrogen) atoms. The summed E-state index contributed by atoms with van der Waals surface area (Å²) in [5.41, 5.74) is 8.24. The lowest BCUT2D eigenvalue weighted by molar-refractivity contribution is 1.06. The van der Waals surface area contributed by atoms with Gasteiger partial charge in [0.25, 0.3) is 0 Å². The maximum absolute atomic E-state index is 10.0. The Kier molecular flexibility index (Phi) is 8.36. The number of benzene rings is 7. The minimum Gasteiger partial charge on any atom is -0.308 e. The lowest BCUT2D eigenvalue weighted by atomic mass is 10.1. The smallest absolute Gasteiger partial charge is 0.166 e. The molecule has 0 saturated heterocycles. The lowest BCUT2D eigenvalue weighted by Gasteiger charge is -2.16. The average Bonchev–Trinajstić information content (AvgIpc) is 3.63. The van der Waals surface area contributed by atoms with Crippen LogP contribution in [-0.2, 0) is 0 Å². The van der Waals surface area contributed by atoms with Crippen LogP contribution in [0.4, 0.5) is 0 Å². The fourth-order valence-corrected chi connectivity index (χ4v) is 7.22. The molecule has 0 aliphatic heterocycles. The van der Waals surface area contributed by atoms with E-state index in [2.05, 4.69) is 34.9 Å². The largest absolute Gasteiger partial charge is 0.308 e. The number of nitrogens with zero attached hydrogens (tertiary/aromatic N) is 8. The van der Waals surface area contributed by atoms with Gasteiger partial charge in [-0.1, -0.05) is 146 Å². The maximum Gasteiger partial charge on any atom is 0.166 e. The summed E-state index contributed by atoms with van der Waals surface area (Å²) < 4.78 is 2.19. The van der Waals surface area contributed by atoms with Crippen molar-refractivity contribution in [3.8, 4) is 80.1 Å². The predicted molar refractivity (Wildman–Crippen MR) is 225 cm³/mol. The third kappa shape index (κ3) is 6.25. The van der Waals surface area contributed by atoms with Gasteiger partial charge in [0.2, 0.25) is 0 Å². The summed E-state index contributed by atoms with van der Waals surface area (Å²) in [6, 6.07) is 62.4. The summed E-state index contributed by atoms with van der Waals surface area (Å²) >= 11 is 0. The molecule has 10 aromatic rings. The van der Waals surface area contributed by atoms with Crippen LogP contribution in [0.5, 0.6) is 0 Å². The van der Waals surface area contributed by atoms with Crippen LogP contribution in [0.1, 0.15) is 5.56 Å². The Morgan fingerprint density at radius 2 is 0.772 bits per heavy atom. The van der Waals surface area contributed by atoms with Crippen molar-refractivity contribution in [3.63, 3.8) is 0 Å². The van der Waals surface area contributed by atoms with Gasteiger partial charge in [-0.15, -0.1) is 0 Å². The Bertz CT molecular complexity index is 3010. The first kappa shape index (κ1) is 33.4. The molecular formula is C49H30N8. The molecule has 0 bridgehead atoms. The van der Waals surface area contributed by atoms with Gasteiger partial charge in [0.05, 0.1) is 28.4 Å². The molecule has 0 aliphatic rings. The maximum atomic E-state index is 10.0. The van der Waals surface area contributed by atoms with Gasteiger partial charge in [-0.05, 0) is 36.4 Å². The molecule has 0 aliphatic carbocycles. The molecule has 8 heteroatoms. The molecule has 0 atom stereocenters. The number of hydrogen-bond acceptors (Lipinski definition) is 7. The highest BCUT2D eigenvalue weighted by molar-refractivity contribution is 6.10. The average molecular weight is 731 g/mol. The zero-order valence-electron chi connectivity index (χ0n) is 30.4. The Morgan fingerprint density at radius 1 is 0.351 bits per heavy atom. The van der Waals surface area contributed by atoms with Crippen molar-refractivity contribution in [1.82, 2.24) is 34.5 Å². The standard InChI is InChI=1S/C49H30N8/c50-31-32-25-27-39-38-23-13-14-24-41(38)57(43(39)29-32)42-28-26-37(48-53-44(33-15-5-1-6-16-33)51-45(54-48)34-17-7-2-8-18-34)30-40(42)49-55-46(35-19-9-3-10-20-35)52-47(56-49)36-21-11-4-12-22-36/h1-30H. The number of hydrogen-bond donors (Lipinski definition) is 0. The zero-order chi connectivity index (χ0) is 38.1. The van der Waals surface area contributed by atoms with E-state index < -0.39 is 0 Å². The van der Waals surface area contributed by atoms with Crippen molar-refractivity contribution in [1.29, 1.82) is 5.26 Å². The quantitative estimate of drug-likeness (QED) is 0.161. The summed E-state index contributed by atoms with van der Waals surface area (Å²) in [5, 5.41) is 12.1. The van der Waals surface area contributed by atoms with Crippen LogP contribution in [0.25, 0.3) is 95.8 Å². The van der Waals surface area contributed by atoms with Crippen LogP contribution in [0, 0.1) is 11.3 Å². The van der Waals surface area contributed by atoms with Crippen LogP contribution < -0.4 is 0 Å². The molecule has 0 fully saturated rings. The molecule has 3 aromatic heterocycles. The molecule has 0 spiro atoms. The third-order valence-electron chi connectivity index (χ3n) is 9.94. The Morgan fingerprint density at radius 3 is 1.26 bits per heavy atom. The van der Waals surface area contributed by atoms with Crippen molar-refractivity contribution in [2.75, 3.05) is 0 Å². The second kappa shape index (κ2) is 14.3. The molecule has 266 valence electrons. The van der Waals surface area contributed by atoms with Gasteiger partial charge in [0.15, 0.2) is 34.9 Å². The van der Waals surface area contributed by atoms with Crippen LogP contribution in [0.2, 0.25) is 0 Å². The zero-order valence-corrected chi connectivity index (χ0v) is 30.4. The van der Waals surface area contributed by atoms with E-state index in [1.54, 1.807) is 0 Å². The van der Waals surface area contributed by atoms with E-state index in [0.717, 1.165) is 60.9 Å². The predicted octanol–water partition coefficient (Wildman–Crippen LogP) is 11.0. The molecule has 8 nitrogen and oxygen atoms in total. The van der Waals surface area contributed by atoms with Crippen molar-refractivity contribution in [3.05, 3.63) is 188 Å². The van der Waals surface area contributed by atoms with Crippen molar-refractivity contribution in [2.24, 2.45) is 0 Å². The van der Waals surface area contributed by atoms with Gasteiger partial charge >= 0.3 is 0 Å². The summed E-state index contributed by atoms with van der Waals surface area (Å²) in [4.78, 5) is 30.4. The van der Waals surface area contributed by atoms with Crippen molar-refractivity contribution >= 4 is 21.8 Å². The fraction of sp³-hybridized carbons (Fsp3) is 0. The first-order valence-electron chi connectivity index (χ1n) is 18.5. The van der Waals surface area contributed by atoms with Crippen LogP contribution in [0.15, 0.2) is 182 Å². The van der Waals surface area contributed by atoms with E-state index in [-0.39, 0.29) is 0 Å². The third-order valence-corrected chi connectivity index (χ3v) is 9.94. The minimum atomic E-state index is 0.475. The second-order valence-electron chi connectivity index (χ2n) is 13.5. The molecule has 0 radical (unpaired) electrons. The Balaban J connectivity index is 1.28. The number of rotatable bonds is 7. The van der Waals surface area contributed by atoms with E-state index in [9.17, 15) is 5.26 Å². The van der Waals surface area contributed by atoms with Crippen LogP contribution in [-0.4, -0.2) is 34.5 Å². The second-order valence-corrected chi connectivity index (χ2v) is 13.5. The first-order valence-corrected chi connectivity index (χ1v) is 18.5. The molecule has 10 rings (SSSR count). The molecule has 7 aromatic carbocycles. The van der Waals surface area contributed by atoms with E-state index >= 15 is 0 Å². The van der Waals surface area contributed by atoms with Gasteiger partial charge in [-0.25, -0.2) is 29.9 Å². The monoisotopic (exact) mass is 730 g/mol. The van der Waals surface area contributed by atoms with Gasteiger partial charge in [0, 0.05) is 44.2 Å². The number of aromatic nitrogens is 7. The normalized spacial score (nSPS) is 11.1. The van der Waals surface area contributed by atoms with Crippen LogP contribution in [0.3, 0.4) is 0 Å². The number of para-hydroxylation sites is 1. The molecule has 0 saturated carbocycles.